The molecule has 0 fully saturated rings. The lowest BCUT2D eigenvalue weighted by atomic mass is 9.99. The maximum atomic E-state index is 14.6. The number of fused-ring (bicyclic) bond motifs is 1. The molecule has 2 aromatic heterocycles. The first-order valence-corrected chi connectivity index (χ1v) is 9.70. The summed E-state index contributed by atoms with van der Waals surface area (Å²) in [5.41, 5.74) is -3.85. The topological polar surface area (TPSA) is 64.0 Å². The average molecular weight is 494 g/mol. The standard InChI is InChI=1S/C20H14Cl2F5N3O2/c1-19(2,8-20(25,26)27)29-18(32)11-7-30(15-12(21)5-9(23)6-13(15)24)17-10(16(11)31)3-4-14(22)28-17/h3-7H,8H2,1-2H3,(H,29,32). The Morgan fingerprint density at radius 1 is 1.16 bits per heavy atom. The number of nitrogens with zero attached hydrogens (tertiary/aromatic N) is 2. The third-order valence-corrected chi connectivity index (χ3v) is 4.88. The summed E-state index contributed by atoms with van der Waals surface area (Å²) in [6.07, 6.45) is -5.07. The third kappa shape index (κ3) is 5.02. The van der Waals surface area contributed by atoms with Gasteiger partial charge < -0.3 is 5.32 Å². The smallest absolute Gasteiger partial charge is 0.347 e. The van der Waals surface area contributed by atoms with Gasteiger partial charge in [-0.3, -0.25) is 14.2 Å². The van der Waals surface area contributed by atoms with E-state index in [0.29, 0.717) is 6.07 Å². The van der Waals surface area contributed by atoms with E-state index >= 15 is 0 Å². The predicted octanol–water partition coefficient (Wildman–Crippen LogP) is 5.43. The van der Waals surface area contributed by atoms with Crippen molar-refractivity contribution in [3.63, 3.8) is 0 Å². The van der Waals surface area contributed by atoms with Gasteiger partial charge in [-0.25, -0.2) is 13.8 Å². The van der Waals surface area contributed by atoms with Gasteiger partial charge in [0.05, 0.1) is 16.8 Å². The van der Waals surface area contributed by atoms with E-state index < -0.39 is 57.4 Å². The fraction of sp³-hybridized carbons (Fsp3) is 0.250. The van der Waals surface area contributed by atoms with Crippen LogP contribution in [0.2, 0.25) is 10.2 Å². The van der Waals surface area contributed by atoms with Crippen molar-refractivity contribution < 1.29 is 26.7 Å². The molecule has 32 heavy (non-hydrogen) atoms. The van der Waals surface area contributed by atoms with E-state index in [4.69, 9.17) is 23.2 Å². The summed E-state index contributed by atoms with van der Waals surface area (Å²) in [4.78, 5) is 29.6. The van der Waals surface area contributed by atoms with Gasteiger partial charge in [0.15, 0.2) is 5.82 Å². The monoisotopic (exact) mass is 493 g/mol. The molecule has 0 aliphatic rings. The van der Waals surface area contributed by atoms with E-state index in [1.807, 2.05) is 0 Å². The molecule has 1 amide bonds. The number of aromatic nitrogens is 2. The van der Waals surface area contributed by atoms with Crippen LogP contribution in [0.15, 0.2) is 35.3 Å². The van der Waals surface area contributed by atoms with Gasteiger partial charge in [0.1, 0.15) is 27.9 Å². The lowest BCUT2D eigenvalue weighted by molar-refractivity contribution is -0.146. The number of rotatable bonds is 4. The van der Waals surface area contributed by atoms with Crippen molar-refractivity contribution in [2.45, 2.75) is 32.0 Å². The first-order valence-electron chi connectivity index (χ1n) is 8.94. The molecule has 0 aliphatic heterocycles. The molecule has 0 radical (unpaired) electrons. The average Bonchev–Trinajstić information content (AvgIpc) is 2.59. The molecule has 0 spiro atoms. The molecule has 1 N–H and O–H groups in total. The van der Waals surface area contributed by atoms with E-state index in [0.717, 1.165) is 30.7 Å². The summed E-state index contributed by atoms with van der Waals surface area (Å²) in [5, 5.41) is 1.49. The fourth-order valence-corrected chi connectivity index (χ4v) is 3.63. The van der Waals surface area contributed by atoms with Gasteiger partial charge in [-0.15, -0.1) is 0 Å². The van der Waals surface area contributed by atoms with Crippen molar-refractivity contribution in [1.29, 1.82) is 0 Å². The lowest BCUT2D eigenvalue weighted by Gasteiger charge is -2.27. The summed E-state index contributed by atoms with van der Waals surface area (Å²) >= 11 is 11.9. The summed E-state index contributed by atoms with van der Waals surface area (Å²) in [5.74, 6) is -3.24. The van der Waals surface area contributed by atoms with E-state index in [2.05, 4.69) is 10.3 Å². The number of nitrogens with one attached hydrogen (secondary N) is 1. The molecule has 5 nitrogen and oxygen atoms in total. The Morgan fingerprint density at radius 3 is 2.41 bits per heavy atom. The van der Waals surface area contributed by atoms with Crippen LogP contribution in [0.1, 0.15) is 30.6 Å². The fourth-order valence-electron chi connectivity index (χ4n) is 3.20. The zero-order valence-corrected chi connectivity index (χ0v) is 18.0. The quantitative estimate of drug-likeness (QED) is 0.389. The number of hydrogen-bond acceptors (Lipinski definition) is 3. The van der Waals surface area contributed by atoms with Crippen molar-refractivity contribution in [2.75, 3.05) is 0 Å². The highest BCUT2D eigenvalue weighted by Gasteiger charge is 2.38. The highest BCUT2D eigenvalue weighted by Crippen LogP contribution is 2.29. The molecule has 0 saturated carbocycles. The van der Waals surface area contributed by atoms with E-state index in [9.17, 15) is 31.5 Å². The summed E-state index contributed by atoms with van der Waals surface area (Å²) in [6, 6.07) is 3.80. The first kappa shape index (κ1) is 23.9. The van der Waals surface area contributed by atoms with Gasteiger partial charge in [-0.05, 0) is 32.0 Å². The minimum Gasteiger partial charge on any atom is -0.347 e. The molecule has 0 saturated heterocycles. The largest absolute Gasteiger partial charge is 0.391 e. The van der Waals surface area contributed by atoms with Crippen molar-refractivity contribution in [2.24, 2.45) is 0 Å². The van der Waals surface area contributed by atoms with Crippen LogP contribution in [0.3, 0.4) is 0 Å². The Balaban J connectivity index is 2.24. The van der Waals surface area contributed by atoms with Gasteiger partial charge >= 0.3 is 6.18 Å². The second-order valence-electron chi connectivity index (χ2n) is 7.60. The molecule has 2 heterocycles. The molecule has 3 aromatic rings. The second kappa shape index (κ2) is 8.32. The Kier molecular flexibility index (Phi) is 6.23. The number of pyridine rings is 2. The zero-order valence-electron chi connectivity index (χ0n) is 16.5. The van der Waals surface area contributed by atoms with Crippen LogP contribution in [-0.2, 0) is 0 Å². The molecule has 0 atom stereocenters. The van der Waals surface area contributed by atoms with Crippen LogP contribution in [0.5, 0.6) is 0 Å². The van der Waals surface area contributed by atoms with E-state index in [1.165, 1.54) is 12.1 Å². The van der Waals surface area contributed by atoms with Crippen LogP contribution >= 0.6 is 23.2 Å². The van der Waals surface area contributed by atoms with Gasteiger partial charge in [-0.1, -0.05) is 23.2 Å². The highest BCUT2D eigenvalue weighted by molar-refractivity contribution is 6.32. The maximum Gasteiger partial charge on any atom is 0.391 e. The maximum absolute atomic E-state index is 14.6. The number of amides is 1. The Morgan fingerprint density at radius 2 is 1.81 bits per heavy atom. The van der Waals surface area contributed by atoms with Crippen LogP contribution in [0.25, 0.3) is 16.7 Å². The Hall–Kier alpha value is -2.72. The van der Waals surface area contributed by atoms with Crippen molar-refractivity contribution >= 4 is 40.1 Å². The zero-order chi connectivity index (χ0) is 24.0. The number of alkyl halides is 3. The first-order chi connectivity index (χ1) is 14.7. The van der Waals surface area contributed by atoms with Crippen molar-refractivity contribution in [3.8, 4) is 5.69 Å². The molecule has 0 unspecified atom stereocenters. The van der Waals surface area contributed by atoms with Crippen molar-refractivity contribution in [3.05, 3.63) is 68.1 Å². The van der Waals surface area contributed by atoms with Gasteiger partial charge in [-0.2, -0.15) is 13.2 Å². The highest BCUT2D eigenvalue weighted by atomic mass is 35.5. The second-order valence-corrected chi connectivity index (χ2v) is 8.39. The van der Waals surface area contributed by atoms with Crippen molar-refractivity contribution in [1.82, 2.24) is 14.9 Å². The van der Waals surface area contributed by atoms with Gasteiger partial charge in [0.2, 0.25) is 5.43 Å². The minimum atomic E-state index is -4.58. The summed E-state index contributed by atoms with van der Waals surface area (Å²) in [6.45, 7) is 2.27. The minimum absolute atomic E-state index is 0.0761. The number of halogens is 7. The normalized spacial score (nSPS) is 12.3. The predicted molar refractivity (Wildman–Crippen MR) is 109 cm³/mol. The Labute approximate surface area is 187 Å². The lowest BCUT2D eigenvalue weighted by Crippen LogP contribution is -2.47. The number of benzene rings is 1. The number of carbonyl (C=O) groups excluding carboxylic acids is 1. The van der Waals surface area contributed by atoms with E-state index in [1.54, 1.807) is 0 Å². The van der Waals surface area contributed by atoms with Crippen LogP contribution in [0, 0.1) is 11.6 Å². The van der Waals surface area contributed by atoms with Gasteiger partial charge in [0, 0.05) is 17.8 Å². The molecule has 12 heteroatoms. The number of hydrogen-bond donors (Lipinski definition) is 1. The molecule has 0 bridgehead atoms. The number of carbonyl (C=O) groups is 1. The van der Waals surface area contributed by atoms with Gasteiger partial charge in [0.25, 0.3) is 5.91 Å². The SMILES string of the molecule is CC(C)(CC(F)(F)F)NC(=O)c1cn(-c2c(F)cc(F)cc2Cl)c2nc(Cl)ccc2c1=O. The molecular weight excluding hydrogens is 480 g/mol. The Bertz CT molecular complexity index is 1270. The molecule has 1 aromatic carbocycles. The molecule has 0 aliphatic carbocycles. The van der Waals surface area contributed by atoms with Crippen LogP contribution < -0.4 is 10.7 Å². The van der Waals surface area contributed by atoms with E-state index in [-0.39, 0.29) is 16.2 Å². The summed E-state index contributed by atoms with van der Waals surface area (Å²) in [7, 11) is 0. The molecular formula is C20H14Cl2F5N3O2. The van der Waals surface area contributed by atoms with Crippen LogP contribution in [0.4, 0.5) is 22.0 Å². The molecule has 170 valence electrons. The van der Waals surface area contributed by atoms with Crippen LogP contribution in [-0.4, -0.2) is 27.2 Å². The molecule has 3 rings (SSSR count). The third-order valence-electron chi connectivity index (χ3n) is 4.38. The summed E-state index contributed by atoms with van der Waals surface area (Å²) < 4.78 is 67.5.